The molecule has 136 valence electrons. The van der Waals surface area contributed by atoms with Crippen LogP contribution in [0, 0.1) is 5.41 Å². The summed E-state index contributed by atoms with van der Waals surface area (Å²) in [7, 11) is 0. The van der Waals surface area contributed by atoms with E-state index in [4.69, 9.17) is 16.6 Å². The Labute approximate surface area is 180 Å². The van der Waals surface area contributed by atoms with Gasteiger partial charge < -0.3 is 5.32 Å². The quantitative estimate of drug-likeness (QED) is 0.469. The highest BCUT2D eigenvalue weighted by Crippen LogP contribution is 2.45. The van der Waals surface area contributed by atoms with Crippen molar-refractivity contribution < 1.29 is 0 Å². The average molecular weight is 515 g/mol. The topological polar surface area (TPSA) is 24.4 Å². The maximum Gasteiger partial charge on any atom is 0.108 e. The number of amidine groups is 1. The van der Waals surface area contributed by atoms with Crippen molar-refractivity contribution >= 4 is 66.7 Å². The molecule has 1 fully saturated rings. The first-order valence-electron chi connectivity index (χ1n) is 8.68. The lowest BCUT2D eigenvalue weighted by Crippen LogP contribution is -2.44. The number of benzene rings is 2. The minimum absolute atomic E-state index is 0.129. The summed E-state index contributed by atoms with van der Waals surface area (Å²) in [5.41, 5.74) is 3.81. The molecule has 0 radical (unpaired) electrons. The molecule has 2 nitrogen and oxygen atoms in total. The maximum absolute atomic E-state index is 6.13. The molecule has 0 unspecified atom stereocenters. The molecule has 0 aliphatic carbocycles. The predicted molar refractivity (Wildman–Crippen MR) is 121 cm³/mol. The molecule has 0 aromatic heterocycles. The summed E-state index contributed by atoms with van der Waals surface area (Å²) >= 11 is 15.5. The molecule has 0 amide bonds. The van der Waals surface area contributed by atoms with Gasteiger partial charge in [-0.25, -0.2) is 0 Å². The van der Waals surface area contributed by atoms with Gasteiger partial charge in [-0.1, -0.05) is 23.7 Å². The average Bonchev–Trinajstić information content (AvgIpc) is 2.62. The first-order chi connectivity index (χ1) is 12.6. The Morgan fingerprint density at radius 1 is 1.12 bits per heavy atom. The first-order valence-corrected chi connectivity index (χ1v) is 11.8. The summed E-state index contributed by atoms with van der Waals surface area (Å²) in [6.07, 6.45) is 3.40. The second kappa shape index (κ2) is 7.86. The Morgan fingerprint density at radius 2 is 1.88 bits per heavy atom. The van der Waals surface area contributed by atoms with Crippen LogP contribution in [0.15, 0.2) is 50.3 Å². The Morgan fingerprint density at radius 3 is 2.65 bits per heavy atom. The van der Waals surface area contributed by atoms with Crippen molar-refractivity contribution in [3.8, 4) is 0 Å². The zero-order chi connectivity index (χ0) is 18.1. The normalized spacial score (nSPS) is 20.0. The fraction of sp³-hybridized carbons (Fsp3) is 0.350. The van der Waals surface area contributed by atoms with E-state index >= 15 is 0 Å². The molecule has 2 aliphatic heterocycles. The third kappa shape index (κ3) is 3.87. The zero-order valence-corrected chi connectivity index (χ0v) is 18.9. The summed E-state index contributed by atoms with van der Waals surface area (Å²) in [5, 5.41) is 4.43. The Bertz CT molecular complexity index is 863. The van der Waals surface area contributed by atoms with Crippen LogP contribution in [0.25, 0.3) is 0 Å². The molecule has 6 heteroatoms. The molecule has 2 heterocycles. The van der Waals surface area contributed by atoms with Gasteiger partial charge in [0.1, 0.15) is 5.84 Å². The molecule has 0 saturated carbocycles. The number of hydrogen-bond donors (Lipinski definition) is 1. The number of fused-ring (bicyclic) bond motifs is 1. The number of aliphatic imine (C=N–C) groups is 1. The van der Waals surface area contributed by atoms with E-state index in [1.54, 1.807) is 0 Å². The molecule has 4 rings (SSSR count). The van der Waals surface area contributed by atoms with Gasteiger partial charge in [-0.15, -0.1) is 0 Å². The van der Waals surface area contributed by atoms with Crippen LogP contribution >= 0.6 is 55.2 Å². The van der Waals surface area contributed by atoms with Crippen molar-refractivity contribution in [1.82, 2.24) is 0 Å². The molecule has 0 bridgehead atoms. The Kier molecular flexibility index (Phi) is 5.70. The Balaban J connectivity index is 1.70. The predicted octanol–water partition coefficient (Wildman–Crippen LogP) is 6.95. The smallest absolute Gasteiger partial charge is 0.108 e. The van der Waals surface area contributed by atoms with Gasteiger partial charge in [0.15, 0.2) is 0 Å². The van der Waals surface area contributed by atoms with Crippen LogP contribution in [0.2, 0.25) is 5.02 Å². The van der Waals surface area contributed by atoms with E-state index in [1.807, 2.05) is 18.2 Å². The van der Waals surface area contributed by atoms with E-state index in [0.29, 0.717) is 6.54 Å². The maximum atomic E-state index is 6.13. The summed E-state index contributed by atoms with van der Waals surface area (Å²) in [6, 6.07) is 12.4. The highest BCUT2D eigenvalue weighted by Gasteiger charge is 2.41. The zero-order valence-electron chi connectivity index (χ0n) is 14.2. The van der Waals surface area contributed by atoms with E-state index in [-0.39, 0.29) is 5.41 Å². The van der Waals surface area contributed by atoms with Crippen LogP contribution in [0.5, 0.6) is 0 Å². The fourth-order valence-corrected chi connectivity index (χ4v) is 5.97. The molecular formula is C20H19Br2ClN2S. The van der Waals surface area contributed by atoms with E-state index in [9.17, 15) is 0 Å². The lowest BCUT2D eigenvalue weighted by Gasteiger charge is -2.42. The van der Waals surface area contributed by atoms with Crippen molar-refractivity contribution in [3.63, 3.8) is 0 Å². The number of nitrogens with one attached hydrogen (secondary N) is 1. The number of anilines is 1. The summed E-state index contributed by atoms with van der Waals surface area (Å²) < 4.78 is 2.17. The van der Waals surface area contributed by atoms with Crippen LogP contribution < -0.4 is 5.32 Å². The van der Waals surface area contributed by atoms with Crippen molar-refractivity contribution in [2.75, 3.05) is 16.8 Å². The molecule has 1 spiro atoms. The second-order valence-corrected chi connectivity index (χ2v) is 10.3. The van der Waals surface area contributed by atoms with Gasteiger partial charge in [0.25, 0.3) is 0 Å². The minimum Gasteiger partial charge on any atom is -0.343 e. The fourth-order valence-electron chi connectivity index (χ4n) is 3.75. The Hall–Kier alpha value is -0.490. The van der Waals surface area contributed by atoms with E-state index in [1.165, 1.54) is 29.9 Å². The molecule has 0 atom stereocenters. The number of halogens is 3. The largest absolute Gasteiger partial charge is 0.343 e. The van der Waals surface area contributed by atoms with E-state index < -0.39 is 0 Å². The molecule has 2 aromatic carbocycles. The van der Waals surface area contributed by atoms with Crippen LogP contribution in [0.4, 0.5) is 5.69 Å². The second-order valence-electron chi connectivity index (χ2n) is 6.91. The van der Waals surface area contributed by atoms with E-state index in [0.717, 1.165) is 37.5 Å². The molecule has 1 N–H and O–H groups in total. The van der Waals surface area contributed by atoms with Gasteiger partial charge in [-0.2, -0.15) is 11.8 Å². The van der Waals surface area contributed by atoms with Crippen molar-refractivity contribution in [1.29, 1.82) is 0 Å². The van der Waals surface area contributed by atoms with Gasteiger partial charge in [0, 0.05) is 25.1 Å². The van der Waals surface area contributed by atoms with Crippen molar-refractivity contribution in [2.24, 2.45) is 10.4 Å². The van der Waals surface area contributed by atoms with Crippen molar-refractivity contribution in [2.45, 2.75) is 25.8 Å². The van der Waals surface area contributed by atoms with Crippen LogP contribution in [-0.2, 0) is 13.0 Å². The first kappa shape index (κ1) is 18.9. The number of hydrogen-bond acceptors (Lipinski definition) is 2. The molecule has 2 aliphatic rings. The lowest BCUT2D eigenvalue weighted by atomic mass is 9.73. The highest BCUT2D eigenvalue weighted by atomic mass is 79.9. The highest BCUT2D eigenvalue weighted by molar-refractivity contribution is 9.13. The standard InChI is InChI=1S/C20H19Br2ClN2S/c21-16-9-14-11-20(4-6-26-7-5-20)19(25-18(14)10-17(16)22)24-12-13-2-1-3-15(23)8-13/h1-3,8-10H,4-7,11-12H2,(H,24,25). The van der Waals surface area contributed by atoms with Gasteiger partial charge in [-0.05, 0) is 98.0 Å². The third-order valence-corrected chi connectivity index (χ3v) is 8.25. The number of rotatable bonds is 2. The number of thioether (sulfide) groups is 1. The van der Waals surface area contributed by atoms with Crippen LogP contribution in [0.3, 0.4) is 0 Å². The minimum atomic E-state index is 0.129. The number of nitrogens with zero attached hydrogens (tertiary/aromatic N) is 1. The summed E-state index contributed by atoms with van der Waals surface area (Å²) in [6.45, 7) is 0.658. The van der Waals surface area contributed by atoms with Gasteiger partial charge in [-0.3, -0.25) is 4.99 Å². The molecular weight excluding hydrogens is 496 g/mol. The molecule has 1 saturated heterocycles. The van der Waals surface area contributed by atoms with Gasteiger partial charge in [0.05, 0.1) is 6.54 Å². The lowest BCUT2D eigenvalue weighted by molar-refractivity contribution is 0.377. The van der Waals surface area contributed by atoms with Gasteiger partial charge >= 0.3 is 0 Å². The van der Waals surface area contributed by atoms with Gasteiger partial charge in [0.2, 0.25) is 0 Å². The molecule has 2 aromatic rings. The van der Waals surface area contributed by atoms with Crippen LogP contribution in [-0.4, -0.2) is 17.3 Å². The van der Waals surface area contributed by atoms with E-state index in [2.05, 4.69) is 67.1 Å². The summed E-state index contributed by atoms with van der Waals surface area (Å²) in [4.78, 5) is 5.03. The monoisotopic (exact) mass is 512 g/mol. The third-order valence-electron chi connectivity index (χ3n) is 5.19. The summed E-state index contributed by atoms with van der Waals surface area (Å²) in [5.74, 6) is 3.54. The van der Waals surface area contributed by atoms with Crippen molar-refractivity contribution in [3.05, 3.63) is 61.5 Å². The SMILES string of the molecule is Clc1cccc(CN=C2Nc3cc(Br)c(Br)cc3CC23CCSCC3)c1. The van der Waals surface area contributed by atoms with Crippen LogP contribution in [0.1, 0.15) is 24.0 Å². The molecule has 26 heavy (non-hydrogen) atoms.